The van der Waals surface area contributed by atoms with E-state index in [0.717, 1.165) is 55.5 Å². The van der Waals surface area contributed by atoms with Crippen molar-refractivity contribution in [2.24, 2.45) is 5.92 Å². The van der Waals surface area contributed by atoms with Crippen molar-refractivity contribution in [2.45, 2.75) is 34.2 Å². The predicted molar refractivity (Wildman–Crippen MR) is 150 cm³/mol. The first-order chi connectivity index (χ1) is 17.9. The maximum absolute atomic E-state index is 13.4. The Kier molecular flexibility index (Phi) is 9.11. The highest BCUT2D eigenvalue weighted by molar-refractivity contribution is 6.30. The van der Waals surface area contributed by atoms with Crippen molar-refractivity contribution >= 4 is 23.3 Å². The second kappa shape index (κ2) is 12.5. The minimum absolute atomic E-state index is 0.0231. The van der Waals surface area contributed by atoms with E-state index in [1.54, 1.807) is 24.3 Å². The second-order valence-corrected chi connectivity index (χ2v) is 10.4. The van der Waals surface area contributed by atoms with Gasteiger partial charge in [0.15, 0.2) is 6.61 Å². The van der Waals surface area contributed by atoms with Crippen LogP contribution < -0.4 is 9.64 Å². The van der Waals surface area contributed by atoms with E-state index in [2.05, 4.69) is 47.4 Å². The van der Waals surface area contributed by atoms with Gasteiger partial charge in [0, 0.05) is 43.3 Å². The molecule has 2 heterocycles. The van der Waals surface area contributed by atoms with Crippen LogP contribution >= 0.6 is 11.6 Å². The number of hydrogen-bond acceptors (Lipinski definition) is 5. The van der Waals surface area contributed by atoms with Gasteiger partial charge in [0.05, 0.1) is 17.9 Å². The molecule has 0 aliphatic carbocycles. The van der Waals surface area contributed by atoms with Crippen LogP contribution in [-0.4, -0.2) is 71.4 Å². The molecule has 1 aromatic heterocycles. The van der Waals surface area contributed by atoms with Gasteiger partial charge in [-0.2, -0.15) is 5.10 Å². The zero-order chi connectivity index (χ0) is 26.4. The maximum Gasteiger partial charge on any atom is 0.260 e. The van der Waals surface area contributed by atoms with Gasteiger partial charge in [-0.15, -0.1) is 0 Å². The molecule has 0 N–H and O–H groups in total. The third-order valence-corrected chi connectivity index (χ3v) is 6.99. The van der Waals surface area contributed by atoms with Crippen LogP contribution in [-0.2, 0) is 11.3 Å². The zero-order valence-corrected chi connectivity index (χ0v) is 23.1. The molecule has 7 nitrogen and oxygen atoms in total. The molecule has 8 heteroatoms. The minimum Gasteiger partial charge on any atom is -0.484 e. The van der Waals surface area contributed by atoms with Gasteiger partial charge < -0.3 is 19.4 Å². The molecule has 198 valence electrons. The quantitative estimate of drug-likeness (QED) is 0.372. The van der Waals surface area contributed by atoms with Crippen LogP contribution in [0.15, 0.2) is 54.6 Å². The van der Waals surface area contributed by atoms with Gasteiger partial charge in [-0.1, -0.05) is 50.6 Å². The Morgan fingerprint density at radius 3 is 2.35 bits per heavy atom. The van der Waals surface area contributed by atoms with Crippen LogP contribution in [0.1, 0.15) is 32.0 Å². The second-order valence-electron chi connectivity index (χ2n) is 9.97. The summed E-state index contributed by atoms with van der Waals surface area (Å²) in [7, 11) is 0. The summed E-state index contributed by atoms with van der Waals surface area (Å²) in [4.78, 5) is 20.2. The van der Waals surface area contributed by atoms with Gasteiger partial charge in [0.1, 0.15) is 11.6 Å². The van der Waals surface area contributed by atoms with Gasteiger partial charge in [-0.25, -0.2) is 4.68 Å². The summed E-state index contributed by atoms with van der Waals surface area (Å²) in [6.45, 7) is 14.6. The standard InChI is InChI=1S/C29H38ClN5O2/c1-5-32-15-17-33(18-16-32)29-27(23(4)31-35(29)25-9-7-6-8-10-25)20-34(19-22(2)3)28(36)21-37-26-13-11-24(30)12-14-26/h6-14,22H,5,15-21H2,1-4H3. The van der Waals surface area contributed by atoms with Crippen molar-refractivity contribution < 1.29 is 9.53 Å². The van der Waals surface area contributed by atoms with Crippen molar-refractivity contribution in [2.75, 3.05) is 50.8 Å². The van der Waals surface area contributed by atoms with Crippen molar-refractivity contribution in [1.82, 2.24) is 19.6 Å². The summed E-state index contributed by atoms with van der Waals surface area (Å²) in [5, 5.41) is 5.61. The van der Waals surface area contributed by atoms with Crippen LogP contribution in [0.2, 0.25) is 5.02 Å². The number of anilines is 1. The van der Waals surface area contributed by atoms with E-state index in [1.807, 2.05) is 30.0 Å². The van der Waals surface area contributed by atoms with Crippen LogP contribution in [0, 0.1) is 12.8 Å². The van der Waals surface area contributed by atoms with Gasteiger partial charge in [-0.05, 0) is 55.8 Å². The molecule has 3 aromatic rings. The number of likely N-dealkylation sites (N-methyl/N-ethyl adjacent to an activating group) is 1. The first kappa shape index (κ1) is 27.0. The molecule has 1 aliphatic rings. The first-order valence-electron chi connectivity index (χ1n) is 13.1. The van der Waals surface area contributed by atoms with Crippen molar-refractivity contribution in [3.63, 3.8) is 0 Å². The number of hydrogen-bond donors (Lipinski definition) is 0. The molecule has 1 amide bonds. The first-order valence-corrected chi connectivity index (χ1v) is 13.5. The number of halogens is 1. The van der Waals surface area contributed by atoms with E-state index in [-0.39, 0.29) is 12.5 Å². The lowest BCUT2D eigenvalue weighted by Gasteiger charge is -2.36. The summed E-state index contributed by atoms with van der Waals surface area (Å²) in [5.74, 6) is 1.99. The van der Waals surface area contributed by atoms with Crippen LogP contribution in [0.25, 0.3) is 5.69 Å². The molecule has 4 rings (SSSR count). The fourth-order valence-electron chi connectivity index (χ4n) is 4.74. The summed E-state index contributed by atoms with van der Waals surface area (Å²) < 4.78 is 7.86. The van der Waals surface area contributed by atoms with Gasteiger partial charge in [0.2, 0.25) is 0 Å². The fourth-order valence-corrected chi connectivity index (χ4v) is 4.86. The number of amides is 1. The predicted octanol–water partition coefficient (Wildman–Crippen LogP) is 5.04. The number of piperazine rings is 1. The number of carbonyl (C=O) groups excluding carboxylic acids is 1. The highest BCUT2D eigenvalue weighted by Gasteiger charge is 2.28. The Labute approximate surface area is 225 Å². The molecule has 1 fully saturated rings. The Bertz CT molecular complexity index is 1160. The van der Waals surface area contributed by atoms with Gasteiger partial charge >= 0.3 is 0 Å². The summed E-state index contributed by atoms with van der Waals surface area (Å²) in [6.07, 6.45) is 0. The molecule has 0 bridgehead atoms. The van der Waals surface area contributed by atoms with Crippen molar-refractivity contribution in [1.29, 1.82) is 0 Å². The molecule has 0 unspecified atom stereocenters. The summed E-state index contributed by atoms with van der Waals surface area (Å²) >= 11 is 5.98. The molecular formula is C29H38ClN5O2. The van der Waals surface area contributed by atoms with E-state index in [9.17, 15) is 4.79 Å². The molecular weight excluding hydrogens is 486 g/mol. The molecule has 0 spiro atoms. The molecule has 0 saturated carbocycles. The normalized spacial score (nSPS) is 14.3. The van der Waals surface area contributed by atoms with Crippen LogP contribution in [0.3, 0.4) is 0 Å². The zero-order valence-electron chi connectivity index (χ0n) is 22.4. The number of para-hydroxylation sites is 1. The smallest absolute Gasteiger partial charge is 0.260 e. The van der Waals surface area contributed by atoms with Gasteiger partial charge in [0.25, 0.3) is 5.91 Å². The molecule has 37 heavy (non-hydrogen) atoms. The molecule has 0 radical (unpaired) electrons. The summed E-state index contributed by atoms with van der Waals surface area (Å²) in [5.41, 5.74) is 3.06. The third kappa shape index (κ3) is 6.84. The van der Waals surface area contributed by atoms with E-state index in [4.69, 9.17) is 21.4 Å². The van der Waals surface area contributed by atoms with E-state index in [1.165, 1.54) is 0 Å². The van der Waals surface area contributed by atoms with E-state index >= 15 is 0 Å². The number of aryl methyl sites for hydroxylation is 1. The number of rotatable bonds is 10. The molecule has 1 saturated heterocycles. The van der Waals surface area contributed by atoms with Crippen LogP contribution in [0.4, 0.5) is 5.82 Å². The average molecular weight is 524 g/mol. The SMILES string of the molecule is CCN1CCN(c2c(CN(CC(C)C)C(=O)COc3ccc(Cl)cc3)c(C)nn2-c2ccccc2)CC1. The maximum atomic E-state index is 13.4. The number of carbonyl (C=O) groups is 1. The monoisotopic (exact) mass is 523 g/mol. The van der Waals surface area contributed by atoms with Crippen molar-refractivity contribution in [3.8, 4) is 11.4 Å². The van der Waals surface area contributed by atoms with E-state index in [0.29, 0.717) is 29.8 Å². The minimum atomic E-state index is -0.0442. The largest absolute Gasteiger partial charge is 0.484 e. The van der Waals surface area contributed by atoms with Gasteiger partial charge in [-0.3, -0.25) is 4.79 Å². The number of nitrogens with zero attached hydrogens (tertiary/aromatic N) is 5. The molecule has 1 aliphatic heterocycles. The third-order valence-electron chi connectivity index (χ3n) is 6.74. The van der Waals surface area contributed by atoms with Crippen LogP contribution in [0.5, 0.6) is 5.75 Å². The highest BCUT2D eigenvalue weighted by Crippen LogP contribution is 2.30. The lowest BCUT2D eigenvalue weighted by molar-refractivity contribution is -0.134. The summed E-state index contributed by atoms with van der Waals surface area (Å²) in [6, 6.07) is 17.3. The lowest BCUT2D eigenvalue weighted by atomic mass is 10.1. The topological polar surface area (TPSA) is 53.8 Å². The number of benzene rings is 2. The Balaban J connectivity index is 1.62. The Morgan fingerprint density at radius 1 is 1.05 bits per heavy atom. The number of aromatic nitrogens is 2. The molecule has 2 aromatic carbocycles. The number of ether oxygens (including phenoxy) is 1. The van der Waals surface area contributed by atoms with Crippen molar-refractivity contribution in [3.05, 3.63) is 70.9 Å². The molecule has 0 atom stereocenters. The van der Waals surface area contributed by atoms with E-state index < -0.39 is 0 Å². The Morgan fingerprint density at radius 2 is 1.73 bits per heavy atom. The lowest BCUT2D eigenvalue weighted by Crippen LogP contribution is -2.47. The Hall–Kier alpha value is -3.03. The average Bonchev–Trinajstić information content (AvgIpc) is 3.23. The highest BCUT2D eigenvalue weighted by atomic mass is 35.5. The fraction of sp³-hybridized carbons (Fsp3) is 0.448.